The van der Waals surface area contributed by atoms with E-state index < -0.39 is 0 Å². The second kappa shape index (κ2) is 8.03. The molecule has 5 heteroatoms. The molecule has 0 atom stereocenters. The summed E-state index contributed by atoms with van der Waals surface area (Å²) in [6.45, 7) is 7.00. The van der Waals surface area contributed by atoms with Gasteiger partial charge in [-0.05, 0) is 6.92 Å². The fourth-order valence-corrected chi connectivity index (χ4v) is 4.54. The van der Waals surface area contributed by atoms with Crippen LogP contribution in [0.15, 0.2) is 60.7 Å². The van der Waals surface area contributed by atoms with E-state index in [1.165, 1.54) is 11.3 Å². The first-order chi connectivity index (χ1) is 13.3. The third-order valence-corrected chi connectivity index (χ3v) is 6.24. The summed E-state index contributed by atoms with van der Waals surface area (Å²) in [4.78, 5) is 22.5. The highest BCUT2D eigenvalue weighted by molar-refractivity contribution is 7.17. The lowest BCUT2D eigenvalue weighted by Crippen LogP contribution is -3.14. The molecule has 1 aromatic heterocycles. The van der Waals surface area contributed by atoms with Gasteiger partial charge in [0.25, 0.3) is 5.91 Å². The van der Waals surface area contributed by atoms with E-state index in [0.29, 0.717) is 0 Å². The molecule has 0 spiro atoms. The first kappa shape index (κ1) is 17.9. The van der Waals surface area contributed by atoms with E-state index in [-0.39, 0.29) is 5.91 Å². The van der Waals surface area contributed by atoms with Crippen molar-refractivity contribution in [2.45, 2.75) is 6.92 Å². The van der Waals surface area contributed by atoms with Crippen LogP contribution in [0.1, 0.15) is 16.6 Å². The molecule has 0 aliphatic carbocycles. The largest absolute Gasteiger partial charge is 0.332 e. The smallest absolute Gasteiger partial charge is 0.266 e. The Hall–Kier alpha value is -2.50. The minimum atomic E-state index is 0.115. The van der Waals surface area contributed by atoms with E-state index in [2.05, 4.69) is 6.92 Å². The minimum Gasteiger partial charge on any atom is -0.332 e. The summed E-state index contributed by atoms with van der Waals surface area (Å²) >= 11 is 1.51. The fraction of sp³-hybridized carbons (Fsp3) is 0.273. The fourth-order valence-electron chi connectivity index (χ4n) is 3.48. The maximum absolute atomic E-state index is 13.3. The van der Waals surface area contributed by atoms with Gasteiger partial charge in [-0.1, -0.05) is 60.7 Å². The third kappa shape index (κ3) is 3.80. The molecule has 1 aliphatic heterocycles. The maximum Gasteiger partial charge on any atom is 0.266 e. The van der Waals surface area contributed by atoms with Gasteiger partial charge in [-0.25, -0.2) is 4.98 Å². The number of thiazole rings is 1. The molecule has 3 aromatic rings. The Labute approximate surface area is 164 Å². The zero-order valence-electron chi connectivity index (χ0n) is 15.5. The Bertz CT molecular complexity index is 900. The minimum absolute atomic E-state index is 0.115. The lowest BCUT2D eigenvalue weighted by atomic mass is 10.1. The number of likely N-dealkylation sites (N-methyl/N-ethyl adjacent to an activating group) is 1. The Morgan fingerprint density at radius 2 is 1.59 bits per heavy atom. The number of hydrogen-bond donors (Lipinski definition) is 1. The van der Waals surface area contributed by atoms with Crippen LogP contribution >= 0.6 is 11.3 Å². The monoisotopic (exact) mass is 378 g/mol. The maximum atomic E-state index is 13.3. The predicted molar refractivity (Wildman–Crippen MR) is 110 cm³/mol. The number of carbonyl (C=O) groups excluding carboxylic acids is 1. The zero-order valence-corrected chi connectivity index (χ0v) is 16.3. The van der Waals surface area contributed by atoms with Crippen LogP contribution in [0, 0.1) is 0 Å². The van der Waals surface area contributed by atoms with Crippen molar-refractivity contribution in [2.75, 3.05) is 32.7 Å². The molecule has 0 unspecified atom stereocenters. The van der Waals surface area contributed by atoms with Crippen LogP contribution in [-0.4, -0.2) is 48.5 Å². The first-order valence-electron chi connectivity index (χ1n) is 9.50. The molecule has 1 amide bonds. The Morgan fingerprint density at radius 3 is 2.19 bits per heavy atom. The molecular weight excluding hydrogens is 354 g/mol. The molecule has 27 heavy (non-hydrogen) atoms. The summed E-state index contributed by atoms with van der Waals surface area (Å²) in [5.41, 5.74) is 2.85. The van der Waals surface area contributed by atoms with Gasteiger partial charge in [0.1, 0.15) is 9.88 Å². The van der Waals surface area contributed by atoms with Crippen LogP contribution in [0.2, 0.25) is 0 Å². The number of amides is 1. The highest BCUT2D eigenvalue weighted by Crippen LogP contribution is 2.34. The van der Waals surface area contributed by atoms with Crippen molar-refractivity contribution in [1.29, 1.82) is 0 Å². The Kier molecular flexibility index (Phi) is 5.32. The highest BCUT2D eigenvalue weighted by atomic mass is 32.1. The number of benzene rings is 2. The molecule has 4 nitrogen and oxygen atoms in total. The molecular formula is C22H24N3OS+. The molecule has 0 bridgehead atoms. The quantitative estimate of drug-likeness (QED) is 0.758. The van der Waals surface area contributed by atoms with Gasteiger partial charge < -0.3 is 9.80 Å². The number of piperazine rings is 1. The summed E-state index contributed by atoms with van der Waals surface area (Å²) in [6.07, 6.45) is 0. The van der Waals surface area contributed by atoms with Crippen LogP contribution < -0.4 is 4.90 Å². The standard InChI is InChI=1S/C22H23N3OS/c1-2-24-13-15-25(16-14-24)22(26)20-19(17-9-5-3-6-10-17)23-21(27-20)18-11-7-4-8-12-18/h3-12H,2,13-16H2,1H3/p+1. The van der Waals surface area contributed by atoms with Crippen LogP contribution in [0.4, 0.5) is 0 Å². The van der Waals surface area contributed by atoms with Gasteiger partial charge in [0.05, 0.1) is 38.4 Å². The van der Waals surface area contributed by atoms with Crippen LogP contribution in [0.3, 0.4) is 0 Å². The molecule has 2 aromatic carbocycles. The van der Waals surface area contributed by atoms with Crippen molar-refractivity contribution in [2.24, 2.45) is 0 Å². The number of quaternary nitrogens is 1. The molecule has 4 rings (SSSR count). The third-order valence-electron chi connectivity index (χ3n) is 5.15. The van der Waals surface area contributed by atoms with Crippen molar-refractivity contribution in [1.82, 2.24) is 9.88 Å². The van der Waals surface area contributed by atoms with Crippen molar-refractivity contribution in [3.63, 3.8) is 0 Å². The molecule has 1 saturated heterocycles. The lowest BCUT2D eigenvalue weighted by molar-refractivity contribution is -0.902. The second-order valence-electron chi connectivity index (χ2n) is 6.82. The molecule has 2 heterocycles. The van der Waals surface area contributed by atoms with Gasteiger partial charge in [0, 0.05) is 11.1 Å². The summed E-state index contributed by atoms with van der Waals surface area (Å²) in [7, 11) is 0. The van der Waals surface area contributed by atoms with E-state index >= 15 is 0 Å². The lowest BCUT2D eigenvalue weighted by Gasteiger charge is -2.31. The zero-order chi connectivity index (χ0) is 18.6. The average molecular weight is 379 g/mol. The van der Waals surface area contributed by atoms with Gasteiger partial charge in [-0.3, -0.25) is 4.79 Å². The van der Waals surface area contributed by atoms with Crippen LogP contribution in [-0.2, 0) is 0 Å². The molecule has 138 valence electrons. The van der Waals surface area contributed by atoms with Gasteiger partial charge in [0.15, 0.2) is 0 Å². The highest BCUT2D eigenvalue weighted by Gasteiger charge is 2.28. The van der Waals surface area contributed by atoms with Crippen LogP contribution in [0.25, 0.3) is 21.8 Å². The number of hydrogen-bond acceptors (Lipinski definition) is 3. The number of aromatic nitrogens is 1. The molecule has 1 aliphatic rings. The van der Waals surface area contributed by atoms with Gasteiger partial charge in [0.2, 0.25) is 0 Å². The number of carbonyl (C=O) groups is 1. The van der Waals surface area contributed by atoms with E-state index in [0.717, 1.165) is 59.4 Å². The van der Waals surface area contributed by atoms with E-state index in [1.54, 1.807) is 4.90 Å². The average Bonchev–Trinajstić information content (AvgIpc) is 3.20. The number of nitrogens with zero attached hydrogens (tertiary/aromatic N) is 2. The van der Waals surface area contributed by atoms with Crippen LogP contribution in [0.5, 0.6) is 0 Å². The summed E-state index contributed by atoms with van der Waals surface area (Å²) in [6, 6.07) is 20.1. The van der Waals surface area contributed by atoms with Crippen molar-refractivity contribution in [3.8, 4) is 21.8 Å². The van der Waals surface area contributed by atoms with Crippen molar-refractivity contribution < 1.29 is 9.69 Å². The Morgan fingerprint density at radius 1 is 1.00 bits per heavy atom. The Balaban J connectivity index is 1.70. The predicted octanol–water partition coefficient (Wildman–Crippen LogP) is 2.84. The second-order valence-corrected chi connectivity index (χ2v) is 7.82. The molecule has 0 radical (unpaired) electrons. The van der Waals surface area contributed by atoms with Gasteiger partial charge in [-0.15, -0.1) is 11.3 Å². The SMILES string of the molecule is CC[NH+]1CCN(C(=O)c2sc(-c3ccccc3)nc2-c2ccccc2)CC1. The van der Waals surface area contributed by atoms with E-state index in [1.807, 2.05) is 65.6 Å². The van der Waals surface area contributed by atoms with E-state index in [9.17, 15) is 4.79 Å². The summed E-state index contributed by atoms with van der Waals surface area (Å²) < 4.78 is 0. The summed E-state index contributed by atoms with van der Waals surface area (Å²) in [5.74, 6) is 0.115. The van der Waals surface area contributed by atoms with Crippen molar-refractivity contribution in [3.05, 3.63) is 65.5 Å². The topological polar surface area (TPSA) is 37.6 Å². The van der Waals surface area contributed by atoms with Crippen molar-refractivity contribution >= 4 is 17.2 Å². The molecule has 0 saturated carbocycles. The first-order valence-corrected chi connectivity index (χ1v) is 10.3. The number of rotatable bonds is 4. The summed E-state index contributed by atoms with van der Waals surface area (Å²) in [5, 5.41) is 0.899. The van der Waals surface area contributed by atoms with Gasteiger partial charge >= 0.3 is 0 Å². The van der Waals surface area contributed by atoms with E-state index in [4.69, 9.17) is 4.98 Å². The number of nitrogens with one attached hydrogen (secondary N) is 1. The van der Waals surface area contributed by atoms with Gasteiger partial charge in [-0.2, -0.15) is 0 Å². The molecule has 1 fully saturated rings. The molecule has 1 N–H and O–H groups in total. The normalized spacial score (nSPS) is 15.1.